The van der Waals surface area contributed by atoms with Crippen LogP contribution in [0.2, 0.25) is 0 Å². The standard InChI is InChI=1S/C30H32FN5O5S/c1-21(2)28(30(38)39)34-42(40,41)36-17-15-35(16-18-36)26-11-7-22(8-12-26)3-4-23-13-14-32-27(19-23)29(37)33-20-24-5-9-25(31)10-6-24/h5-14,19,21,28,34H,15-18,20H2,1-2H3,(H,33,37)(H,38,39)/t28-/m1/s1. The maximum Gasteiger partial charge on any atom is 0.322 e. The van der Waals surface area contributed by atoms with Gasteiger partial charge in [-0.1, -0.05) is 37.8 Å². The third-order valence-electron chi connectivity index (χ3n) is 6.73. The van der Waals surface area contributed by atoms with Gasteiger partial charge in [-0.05, 0) is 60.0 Å². The van der Waals surface area contributed by atoms with Crippen LogP contribution in [-0.2, 0) is 21.5 Å². The number of carbonyl (C=O) groups excluding carboxylic acids is 1. The molecule has 42 heavy (non-hydrogen) atoms. The fourth-order valence-corrected chi connectivity index (χ4v) is 5.79. The summed E-state index contributed by atoms with van der Waals surface area (Å²) in [6.45, 7) is 4.91. The van der Waals surface area contributed by atoms with Crippen LogP contribution in [0, 0.1) is 23.6 Å². The Morgan fingerprint density at radius 1 is 0.976 bits per heavy atom. The van der Waals surface area contributed by atoms with E-state index in [0.717, 1.165) is 16.8 Å². The number of carboxylic acid groups (broad SMARTS) is 1. The van der Waals surface area contributed by atoms with Crippen LogP contribution in [0.5, 0.6) is 0 Å². The second kappa shape index (κ2) is 13.6. The normalized spacial score (nSPS) is 14.6. The van der Waals surface area contributed by atoms with E-state index in [9.17, 15) is 27.5 Å². The fourth-order valence-electron chi connectivity index (χ4n) is 4.30. The van der Waals surface area contributed by atoms with Crippen LogP contribution >= 0.6 is 0 Å². The molecule has 1 atom stereocenters. The lowest BCUT2D eigenvalue weighted by molar-refractivity contribution is -0.140. The average Bonchev–Trinajstić information content (AvgIpc) is 2.98. The molecule has 3 aromatic rings. The number of carboxylic acids is 1. The van der Waals surface area contributed by atoms with E-state index in [2.05, 4.69) is 31.8 Å². The summed E-state index contributed by atoms with van der Waals surface area (Å²) in [5.74, 6) is 3.82. The number of hydrogen-bond donors (Lipinski definition) is 3. The molecule has 0 radical (unpaired) electrons. The first-order valence-electron chi connectivity index (χ1n) is 13.4. The molecule has 0 saturated carbocycles. The zero-order valence-corrected chi connectivity index (χ0v) is 24.1. The van der Waals surface area contributed by atoms with E-state index in [4.69, 9.17) is 0 Å². The van der Waals surface area contributed by atoms with Gasteiger partial charge in [0.25, 0.3) is 16.1 Å². The molecular formula is C30H32FN5O5S. The lowest BCUT2D eigenvalue weighted by Crippen LogP contribution is -2.55. The number of rotatable bonds is 9. The lowest BCUT2D eigenvalue weighted by Gasteiger charge is -2.36. The summed E-state index contributed by atoms with van der Waals surface area (Å²) >= 11 is 0. The highest BCUT2D eigenvalue weighted by Crippen LogP contribution is 2.19. The van der Waals surface area contributed by atoms with E-state index < -0.39 is 22.2 Å². The third-order valence-corrected chi connectivity index (χ3v) is 8.33. The molecule has 1 aliphatic rings. The number of amides is 1. The van der Waals surface area contributed by atoms with Crippen molar-refractivity contribution in [3.8, 4) is 11.8 Å². The van der Waals surface area contributed by atoms with Gasteiger partial charge in [-0.15, -0.1) is 0 Å². The van der Waals surface area contributed by atoms with E-state index in [1.54, 1.807) is 38.1 Å². The van der Waals surface area contributed by atoms with E-state index in [-0.39, 0.29) is 43.0 Å². The summed E-state index contributed by atoms with van der Waals surface area (Å²) in [6, 6.07) is 15.5. The van der Waals surface area contributed by atoms with E-state index in [1.807, 2.05) is 24.3 Å². The molecule has 220 valence electrons. The summed E-state index contributed by atoms with van der Waals surface area (Å²) in [5, 5.41) is 12.1. The Morgan fingerprint density at radius 3 is 2.24 bits per heavy atom. The predicted molar refractivity (Wildman–Crippen MR) is 156 cm³/mol. The van der Waals surface area contributed by atoms with Crippen molar-refractivity contribution in [1.29, 1.82) is 0 Å². The van der Waals surface area contributed by atoms with Crippen LogP contribution in [-0.4, -0.2) is 66.9 Å². The van der Waals surface area contributed by atoms with Crippen LogP contribution in [0.25, 0.3) is 0 Å². The molecule has 3 N–H and O–H groups in total. The maximum atomic E-state index is 13.1. The first kappa shape index (κ1) is 30.6. The molecule has 0 aliphatic carbocycles. The Kier molecular flexibility index (Phi) is 9.90. The largest absolute Gasteiger partial charge is 0.480 e. The number of nitrogens with zero attached hydrogens (tertiary/aromatic N) is 3. The molecule has 10 nitrogen and oxygen atoms in total. The average molecular weight is 594 g/mol. The van der Waals surface area contributed by atoms with Gasteiger partial charge < -0.3 is 15.3 Å². The molecule has 1 aliphatic heterocycles. The van der Waals surface area contributed by atoms with E-state index >= 15 is 0 Å². The minimum absolute atomic E-state index is 0.221. The number of nitrogens with one attached hydrogen (secondary N) is 2. The molecule has 1 fully saturated rings. The highest BCUT2D eigenvalue weighted by atomic mass is 32.2. The van der Waals surface area contributed by atoms with Gasteiger partial charge >= 0.3 is 5.97 Å². The Bertz CT molecular complexity index is 1580. The number of pyridine rings is 1. The van der Waals surface area contributed by atoms with Gasteiger partial charge in [0, 0.05) is 55.7 Å². The smallest absolute Gasteiger partial charge is 0.322 e. The van der Waals surface area contributed by atoms with Crippen LogP contribution in [0.4, 0.5) is 10.1 Å². The van der Waals surface area contributed by atoms with Crippen molar-refractivity contribution in [3.05, 3.63) is 95.1 Å². The molecule has 2 heterocycles. The van der Waals surface area contributed by atoms with Crippen molar-refractivity contribution < 1.29 is 27.5 Å². The van der Waals surface area contributed by atoms with Gasteiger partial charge in [0.1, 0.15) is 17.6 Å². The fraction of sp³-hybridized carbons (Fsp3) is 0.300. The Labute approximate surface area is 244 Å². The molecular weight excluding hydrogens is 561 g/mol. The highest BCUT2D eigenvalue weighted by molar-refractivity contribution is 7.87. The van der Waals surface area contributed by atoms with Crippen LogP contribution in [0.1, 0.15) is 41.0 Å². The zero-order chi connectivity index (χ0) is 30.3. The molecule has 1 aromatic heterocycles. The second-order valence-electron chi connectivity index (χ2n) is 10.1. The zero-order valence-electron chi connectivity index (χ0n) is 23.2. The monoisotopic (exact) mass is 593 g/mol. The maximum absolute atomic E-state index is 13.1. The van der Waals surface area contributed by atoms with Gasteiger partial charge in [-0.3, -0.25) is 14.6 Å². The predicted octanol–water partition coefficient (Wildman–Crippen LogP) is 2.62. The van der Waals surface area contributed by atoms with Crippen molar-refractivity contribution >= 4 is 27.8 Å². The molecule has 2 aromatic carbocycles. The lowest BCUT2D eigenvalue weighted by atomic mass is 10.1. The molecule has 12 heteroatoms. The minimum atomic E-state index is -3.93. The summed E-state index contributed by atoms with van der Waals surface area (Å²) < 4.78 is 42.1. The second-order valence-corrected chi connectivity index (χ2v) is 11.8. The SMILES string of the molecule is CC(C)[C@@H](NS(=O)(=O)N1CCN(c2ccc(C#Cc3ccnc(C(=O)NCc4ccc(F)cc4)c3)cc2)CC1)C(=O)O. The number of aliphatic carboxylic acids is 1. The van der Waals surface area contributed by atoms with Crippen molar-refractivity contribution in [3.63, 3.8) is 0 Å². The topological polar surface area (TPSA) is 132 Å². The van der Waals surface area contributed by atoms with Gasteiger partial charge in [-0.25, -0.2) is 4.39 Å². The first-order chi connectivity index (χ1) is 20.0. The molecule has 1 amide bonds. The number of hydrogen-bond acceptors (Lipinski definition) is 6. The van der Waals surface area contributed by atoms with Gasteiger partial charge in [-0.2, -0.15) is 17.4 Å². The third kappa shape index (κ3) is 8.13. The Morgan fingerprint density at radius 2 is 1.62 bits per heavy atom. The van der Waals surface area contributed by atoms with Crippen LogP contribution in [0.3, 0.4) is 0 Å². The molecule has 0 spiro atoms. The van der Waals surface area contributed by atoms with Gasteiger partial charge in [0.2, 0.25) is 0 Å². The summed E-state index contributed by atoms with van der Waals surface area (Å²) in [5.41, 5.74) is 3.29. The summed E-state index contributed by atoms with van der Waals surface area (Å²) in [4.78, 5) is 30.1. The number of carbonyl (C=O) groups is 2. The van der Waals surface area contributed by atoms with Gasteiger partial charge in [0.05, 0.1) is 0 Å². The molecule has 4 rings (SSSR count). The number of piperazine rings is 1. The van der Waals surface area contributed by atoms with Crippen molar-refractivity contribution in [1.82, 2.24) is 19.3 Å². The minimum Gasteiger partial charge on any atom is -0.480 e. The van der Waals surface area contributed by atoms with Crippen molar-refractivity contribution in [2.75, 3.05) is 31.1 Å². The summed E-state index contributed by atoms with van der Waals surface area (Å²) in [6.07, 6.45) is 1.51. The highest BCUT2D eigenvalue weighted by Gasteiger charge is 2.32. The van der Waals surface area contributed by atoms with Crippen molar-refractivity contribution in [2.24, 2.45) is 5.92 Å². The van der Waals surface area contributed by atoms with Gasteiger partial charge in [0.15, 0.2) is 0 Å². The molecule has 1 saturated heterocycles. The molecule has 0 unspecified atom stereocenters. The number of anilines is 1. The first-order valence-corrected chi connectivity index (χ1v) is 14.8. The Balaban J connectivity index is 1.32. The van der Waals surface area contributed by atoms with E-state index in [0.29, 0.717) is 18.7 Å². The number of benzene rings is 2. The Hall–Kier alpha value is -4.31. The van der Waals surface area contributed by atoms with E-state index in [1.165, 1.54) is 22.6 Å². The van der Waals surface area contributed by atoms with Crippen molar-refractivity contribution in [2.45, 2.75) is 26.4 Å². The summed E-state index contributed by atoms with van der Waals surface area (Å²) in [7, 11) is -3.93. The van der Waals surface area contributed by atoms with Crippen LogP contribution < -0.4 is 14.9 Å². The van der Waals surface area contributed by atoms with Crippen LogP contribution in [0.15, 0.2) is 66.9 Å². The number of halogens is 1. The number of aromatic nitrogens is 1. The molecule has 0 bridgehead atoms. The quantitative estimate of drug-likeness (QED) is 0.325.